The summed E-state index contributed by atoms with van der Waals surface area (Å²) in [5.74, 6) is -1.05. The molecule has 0 unspecified atom stereocenters. The summed E-state index contributed by atoms with van der Waals surface area (Å²) in [7, 11) is 1.50. The number of para-hydroxylation sites is 2. The number of carbonyl (C=O) groups is 3. The van der Waals surface area contributed by atoms with E-state index < -0.39 is 17.7 Å². The average Bonchev–Trinajstić information content (AvgIpc) is 2.99. The van der Waals surface area contributed by atoms with Crippen molar-refractivity contribution >= 4 is 29.1 Å². The van der Waals surface area contributed by atoms with Crippen molar-refractivity contribution in [2.24, 2.45) is 0 Å². The molecule has 1 heterocycles. The minimum Gasteiger partial charge on any atom is -0.506 e. The van der Waals surface area contributed by atoms with Crippen LogP contribution in [0, 0.1) is 0 Å². The van der Waals surface area contributed by atoms with Gasteiger partial charge in [0.15, 0.2) is 0 Å². The molecule has 2 N–H and O–H groups in total. The molecule has 1 aliphatic heterocycles. The number of hydrogen-bond donors (Lipinski definition) is 2. The molecule has 0 fully saturated rings. The molecule has 7 nitrogen and oxygen atoms in total. The third-order valence-corrected chi connectivity index (χ3v) is 4.61. The summed E-state index contributed by atoms with van der Waals surface area (Å²) >= 11 is 0. The molecule has 0 aliphatic carbocycles. The molecule has 0 aromatic heterocycles. The topological polar surface area (TPSA) is 95.9 Å². The van der Waals surface area contributed by atoms with Crippen molar-refractivity contribution in [3.63, 3.8) is 0 Å². The van der Waals surface area contributed by atoms with Gasteiger partial charge in [0.05, 0.1) is 29.6 Å². The smallest absolute Gasteiger partial charge is 0.266 e. The molecule has 7 heteroatoms. The molecule has 3 amide bonds. The van der Waals surface area contributed by atoms with Crippen LogP contribution in [0.15, 0.2) is 66.7 Å². The lowest BCUT2D eigenvalue weighted by molar-refractivity contribution is 0.0925. The van der Waals surface area contributed by atoms with Gasteiger partial charge < -0.3 is 15.2 Å². The number of carbonyl (C=O) groups excluding carboxylic acids is 3. The number of methoxy groups -OCH3 is 1. The number of imide groups is 1. The van der Waals surface area contributed by atoms with Crippen LogP contribution in [0.25, 0.3) is 0 Å². The van der Waals surface area contributed by atoms with Crippen LogP contribution in [0.1, 0.15) is 31.1 Å². The number of phenolic OH excluding ortho intramolecular Hbond substituents is 1. The van der Waals surface area contributed by atoms with Gasteiger partial charge in [-0.05, 0) is 42.5 Å². The Bertz CT molecular complexity index is 1160. The zero-order valence-electron chi connectivity index (χ0n) is 15.4. The van der Waals surface area contributed by atoms with Gasteiger partial charge in [-0.2, -0.15) is 0 Å². The maximum atomic E-state index is 12.9. The largest absolute Gasteiger partial charge is 0.506 e. The Morgan fingerprint density at radius 1 is 0.931 bits per heavy atom. The maximum Gasteiger partial charge on any atom is 0.266 e. The van der Waals surface area contributed by atoms with E-state index in [1.165, 1.54) is 31.4 Å². The van der Waals surface area contributed by atoms with E-state index in [2.05, 4.69) is 5.32 Å². The fourth-order valence-corrected chi connectivity index (χ4v) is 3.14. The predicted molar refractivity (Wildman–Crippen MR) is 107 cm³/mol. The molecule has 4 rings (SSSR count). The molecular weight excluding hydrogens is 372 g/mol. The first-order valence-corrected chi connectivity index (χ1v) is 8.76. The van der Waals surface area contributed by atoms with Crippen molar-refractivity contribution in [3.05, 3.63) is 83.4 Å². The second-order valence-corrected chi connectivity index (χ2v) is 6.38. The lowest BCUT2D eigenvalue weighted by Crippen LogP contribution is -2.29. The fraction of sp³-hybridized carbons (Fsp3) is 0.0455. The highest BCUT2D eigenvalue weighted by atomic mass is 16.5. The van der Waals surface area contributed by atoms with Crippen molar-refractivity contribution in [1.29, 1.82) is 0 Å². The van der Waals surface area contributed by atoms with E-state index in [4.69, 9.17) is 4.74 Å². The maximum absolute atomic E-state index is 12.9. The van der Waals surface area contributed by atoms with E-state index in [9.17, 15) is 19.5 Å². The lowest BCUT2D eigenvalue weighted by Gasteiger charge is -2.14. The van der Waals surface area contributed by atoms with E-state index in [0.717, 1.165) is 4.90 Å². The number of ether oxygens (including phenoxy) is 1. The third-order valence-electron chi connectivity index (χ3n) is 4.61. The number of amides is 3. The highest BCUT2D eigenvalue weighted by Crippen LogP contribution is 2.31. The Hall–Kier alpha value is -4.13. The molecule has 1 aliphatic rings. The SMILES string of the molecule is COc1cccc(N2C(=O)c3ccc(C(=O)Nc4ccccc4O)cc3C2=O)c1. The van der Waals surface area contributed by atoms with Gasteiger partial charge in [-0.15, -0.1) is 0 Å². The quantitative estimate of drug-likeness (QED) is 0.527. The van der Waals surface area contributed by atoms with Crippen LogP contribution in [-0.2, 0) is 0 Å². The number of aromatic hydroxyl groups is 1. The summed E-state index contributed by atoms with van der Waals surface area (Å²) < 4.78 is 5.16. The first kappa shape index (κ1) is 18.2. The molecule has 0 saturated heterocycles. The highest BCUT2D eigenvalue weighted by Gasteiger charge is 2.37. The van der Waals surface area contributed by atoms with Crippen LogP contribution in [0.2, 0.25) is 0 Å². The zero-order chi connectivity index (χ0) is 20.5. The van der Waals surface area contributed by atoms with Crippen LogP contribution < -0.4 is 15.0 Å². The normalized spacial score (nSPS) is 12.7. The van der Waals surface area contributed by atoms with Crippen LogP contribution >= 0.6 is 0 Å². The fourth-order valence-electron chi connectivity index (χ4n) is 3.14. The number of hydrogen-bond acceptors (Lipinski definition) is 5. The summed E-state index contributed by atoms with van der Waals surface area (Å²) in [6.45, 7) is 0. The van der Waals surface area contributed by atoms with E-state index in [0.29, 0.717) is 11.4 Å². The summed E-state index contributed by atoms with van der Waals surface area (Å²) in [5.41, 5.74) is 1.19. The number of nitrogens with zero attached hydrogens (tertiary/aromatic N) is 1. The summed E-state index contributed by atoms with van der Waals surface area (Å²) in [5, 5.41) is 12.4. The molecule has 144 valence electrons. The van der Waals surface area contributed by atoms with Crippen molar-refractivity contribution in [1.82, 2.24) is 0 Å². The minimum atomic E-state index is -0.518. The predicted octanol–water partition coefficient (Wildman–Crippen LogP) is 3.45. The highest BCUT2D eigenvalue weighted by molar-refractivity contribution is 6.34. The number of fused-ring (bicyclic) bond motifs is 1. The Balaban J connectivity index is 1.65. The van der Waals surface area contributed by atoms with Gasteiger partial charge in [-0.1, -0.05) is 18.2 Å². The van der Waals surface area contributed by atoms with E-state index in [1.54, 1.807) is 42.5 Å². The van der Waals surface area contributed by atoms with Crippen LogP contribution in [0.3, 0.4) is 0 Å². The Morgan fingerprint density at radius 3 is 2.45 bits per heavy atom. The molecule has 0 atom stereocenters. The second kappa shape index (κ2) is 7.12. The molecule has 0 radical (unpaired) electrons. The second-order valence-electron chi connectivity index (χ2n) is 6.38. The first-order valence-electron chi connectivity index (χ1n) is 8.76. The average molecular weight is 388 g/mol. The van der Waals surface area contributed by atoms with Gasteiger partial charge in [-0.25, -0.2) is 4.90 Å². The van der Waals surface area contributed by atoms with Crippen molar-refractivity contribution in [2.75, 3.05) is 17.3 Å². The zero-order valence-corrected chi connectivity index (χ0v) is 15.4. The third kappa shape index (κ3) is 3.19. The molecule has 29 heavy (non-hydrogen) atoms. The molecule has 3 aromatic carbocycles. The molecular formula is C22H16N2O5. The summed E-state index contributed by atoms with van der Waals surface area (Å²) in [4.78, 5) is 39.2. The number of anilines is 2. The first-order chi connectivity index (χ1) is 14.0. The van der Waals surface area contributed by atoms with Crippen molar-refractivity contribution in [3.8, 4) is 11.5 Å². The number of nitrogens with one attached hydrogen (secondary N) is 1. The van der Waals surface area contributed by atoms with Gasteiger partial charge in [0, 0.05) is 11.6 Å². The van der Waals surface area contributed by atoms with Gasteiger partial charge in [0.1, 0.15) is 11.5 Å². The van der Waals surface area contributed by atoms with Crippen LogP contribution in [0.5, 0.6) is 11.5 Å². The minimum absolute atomic E-state index is 0.0718. The van der Waals surface area contributed by atoms with Crippen molar-refractivity contribution < 1.29 is 24.2 Å². The van der Waals surface area contributed by atoms with Crippen LogP contribution in [0.4, 0.5) is 11.4 Å². The van der Waals surface area contributed by atoms with Gasteiger partial charge in [-0.3, -0.25) is 14.4 Å². The standard InChI is InChI=1S/C22H16N2O5/c1-29-15-6-4-5-14(12-15)24-21(27)16-10-9-13(11-17(16)22(24)28)20(26)23-18-7-2-3-8-19(18)25/h2-12,25H,1H3,(H,23,26). The van der Waals surface area contributed by atoms with E-state index in [1.807, 2.05) is 0 Å². The van der Waals surface area contributed by atoms with E-state index >= 15 is 0 Å². The van der Waals surface area contributed by atoms with Gasteiger partial charge in [0.2, 0.25) is 0 Å². The van der Waals surface area contributed by atoms with Crippen molar-refractivity contribution in [2.45, 2.75) is 0 Å². The Morgan fingerprint density at radius 2 is 1.69 bits per heavy atom. The molecule has 0 saturated carbocycles. The summed E-state index contributed by atoms with van der Waals surface area (Å²) in [6.07, 6.45) is 0. The monoisotopic (exact) mass is 388 g/mol. The number of phenols is 1. The molecule has 0 bridgehead atoms. The molecule has 0 spiro atoms. The van der Waals surface area contributed by atoms with E-state index in [-0.39, 0.29) is 28.1 Å². The summed E-state index contributed by atoms with van der Waals surface area (Å²) in [6, 6.07) is 17.2. The molecule has 3 aromatic rings. The van der Waals surface area contributed by atoms with Gasteiger partial charge >= 0.3 is 0 Å². The Kier molecular flexibility index (Phi) is 4.48. The number of benzene rings is 3. The number of rotatable bonds is 4. The van der Waals surface area contributed by atoms with Gasteiger partial charge in [0.25, 0.3) is 17.7 Å². The lowest BCUT2D eigenvalue weighted by atomic mass is 10.1. The van der Waals surface area contributed by atoms with Crippen LogP contribution in [-0.4, -0.2) is 29.9 Å². The Labute approximate surface area is 166 Å².